The molecule has 8 heteroatoms. The highest BCUT2D eigenvalue weighted by Gasteiger charge is 2.18. The minimum Gasteiger partial charge on any atom is -0.259 e. The Bertz CT molecular complexity index is 574. The highest BCUT2D eigenvalue weighted by Crippen LogP contribution is 2.20. The van der Waals surface area contributed by atoms with E-state index in [1.165, 1.54) is 0 Å². The van der Waals surface area contributed by atoms with E-state index in [1.807, 2.05) is 6.07 Å². The van der Waals surface area contributed by atoms with Crippen LogP contribution in [0.15, 0.2) is 21.2 Å². The van der Waals surface area contributed by atoms with Gasteiger partial charge in [-0.05, 0) is 56.8 Å². The van der Waals surface area contributed by atoms with Crippen LogP contribution in [0.1, 0.15) is 12.1 Å². The van der Waals surface area contributed by atoms with E-state index in [0.717, 1.165) is 33.5 Å². The molecule has 0 saturated carbocycles. The van der Waals surface area contributed by atoms with Gasteiger partial charge in [0.15, 0.2) is 0 Å². The molecule has 1 aromatic rings. The Kier molecular flexibility index (Phi) is 7.52. The predicted octanol–water partition coefficient (Wildman–Crippen LogP) is 3.80. The highest BCUT2D eigenvalue weighted by molar-refractivity contribution is 9.11. The normalized spacial score (nSPS) is 12.6. The van der Waals surface area contributed by atoms with Crippen LogP contribution in [0.4, 0.5) is 0 Å². The molecule has 0 bridgehead atoms. The van der Waals surface area contributed by atoms with Gasteiger partial charge in [0.2, 0.25) is 10.0 Å². The molecule has 0 aliphatic heterocycles. The Hall–Kier alpha value is 0.237. The van der Waals surface area contributed by atoms with Gasteiger partial charge in [-0.25, -0.2) is 13.1 Å². The highest BCUT2D eigenvalue weighted by atomic mass is 79.9. The summed E-state index contributed by atoms with van der Waals surface area (Å²) in [6.07, 6.45) is 3.22. The SMILES string of the molecule is C[Si](C)(C)CCS(=O)(=O)NCCCc1ncc(Br)cc1Br. The van der Waals surface area contributed by atoms with Gasteiger partial charge < -0.3 is 0 Å². The molecular formula is C13H22Br2N2O2SSi. The standard InChI is InChI=1S/C13H22Br2N2O2SSi/c1-21(2,3)8-7-20(18,19)17-6-4-5-13-12(15)9-11(14)10-16-13/h9-10,17H,4-8H2,1-3H3. The van der Waals surface area contributed by atoms with E-state index in [-0.39, 0.29) is 5.75 Å². The Balaban J connectivity index is 2.36. The quantitative estimate of drug-likeness (QED) is 0.477. The first-order valence-corrected chi connectivity index (χ1v) is 13.8. The Labute approximate surface area is 145 Å². The van der Waals surface area contributed by atoms with Crippen molar-refractivity contribution in [1.82, 2.24) is 9.71 Å². The van der Waals surface area contributed by atoms with Gasteiger partial charge in [-0.1, -0.05) is 19.6 Å². The number of aromatic nitrogens is 1. The van der Waals surface area contributed by atoms with Crippen LogP contribution in [0.3, 0.4) is 0 Å². The smallest absolute Gasteiger partial charge is 0.211 e. The van der Waals surface area contributed by atoms with Crippen LogP contribution < -0.4 is 4.72 Å². The molecule has 0 atom stereocenters. The molecule has 0 aliphatic carbocycles. The summed E-state index contributed by atoms with van der Waals surface area (Å²) in [5.41, 5.74) is 0.944. The summed E-state index contributed by atoms with van der Waals surface area (Å²) in [4.78, 5) is 4.32. The first-order chi connectivity index (χ1) is 9.59. The average Bonchev–Trinajstić information content (AvgIpc) is 2.34. The molecule has 0 unspecified atom stereocenters. The van der Waals surface area contributed by atoms with Crippen molar-refractivity contribution in [2.45, 2.75) is 38.5 Å². The molecule has 21 heavy (non-hydrogen) atoms. The van der Waals surface area contributed by atoms with E-state index in [1.54, 1.807) is 6.20 Å². The zero-order valence-corrected chi connectivity index (χ0v) is 17.6. The molecule has 0 amide bonds. The molecule has 0 aliphatic rings. The first kappa shape index (κ1) is 19.3. The maximum atomic E-state index is 11.9. The maximum absolute atomic E-state index is 11.9. The maximum Gasteiger partial charge on any atom is 0.211 e. The van der Waals surface area contributed by atoms with Gasteiger partial charge >= 0.3 is 0 Å². The van der Waals surface area contributed by atoms with E-state index in [0.29, 0.717) is 6.54 Å². The Morgan fingerprint density at radius 2 is 1.95 bits per heavy atom. The number of halogens is 2. The number of aryl methyl sites for hydroxylation is 1. The molecule has 1 N–H and O–H groups in total. The van der Waals surface area contributed by atoms with Crippen molar-refractivity contribution in [1.29, 1.82) is 0 Å². The van der Waals surface area contributed by atoms with Crippen molar-refractivity contribution in [3.8, 4) is 0 Å². The third-order valence-corrected chi connectivity index (χ3v) is 7.54. The zero-order valence-electron chi connectivity index (χ0n) is 12.6. The van der Waals surface area contributed by atoms with Gasteiger partial charge in [0, 0.05) is 29.8 Å². The van der Waals surface area contributed by atoms with Gasteiger partial charge in [0.05, 0.1) is 11.4 Å². The molecule has 1 aromatic heterocycles. The topological polar surface area (TPSA) is 59.1 Å². The molecule has 1 heterocycles. The number of nitrogens with one attached hydrogen (secondary N) is 1. The molecule has 0 radical (unpaired) electrons. The van der Waals surface area contributed by atoms with Gasteiger partial charge in [-0.15, -0.1) is 0 Å². The van der Waals surface area contributed by atoms with E-state index >= 15 is 0 Å². The second-order valence-corrected chi connectivity index (χ2v) is 15.5. The van der Waals surface area contributed by atoms with Crippen molar-refractivity contribution in [3.05, 3.63) is 26.9 Å². The van der Waals surface area contributed by atoms with Crippen molar-refractivity contribution in [3.63, 3.8) is 0 Å². The molecular weight excluding hydrogens is 436 g/mol. The average molecular weight is 458 g/mol. The van der Waals surface area contributed by atoms with Crippen LogP contribution in [-0.2, 0) is 16.4 Å². The van der Waals surface area contributed by atoms with Crippen LogP contribution in [0, 0.1) is 0 Å². The molecule has 0 aromatic carbocycles. The molecule has 1 rings (SSSR count). The Morgan fingerprint density at radius 3 is 2.52 bits per heavy atom. The molecule has 120 valence electrons. The third kappa shape index (κ3) is 8.44. The predicted molar refractivity (Wildman–Crippen MR) is 97.9 cm³/mol. The first-order valence-electron chi connectivity index (χ1n) is 6.86. The van der Waals surface area contributed by atoms with Crippen molar-refractivity contribution >= 4 is 50.0 Å². The summed E-state index contributed by atoms with van der Waals surface area (Å²) in [6, 6.07) is 2.74. The van der Waals surface area contributed by atoms with Crippen molar-refractivity contribution < 1.29 is 8.42 Å². The minimum atomic E-state index is -3.14. The molecule has 0 fully saturated rings. The zero-order chi connectivity index (χ0) is 16.1. The number of sulfonamides is 1. The van der Waals surface area contributed by atoms with Gasteiger partial charge in [-0.3, -0.25) is 4.98 Å². The number of pyridine rings is 1. The lowest BCUT2D eigenvalue weighted by Crippen LogP contribution is -2.32. The number of hydrogen-bond donors (Lipinski definition) is 1. The van der Waals surface area contributed by atoms with Crippen molar-refractivity contribution in [2.75, 3.05) is 12.3 Å². The molecule has 0 saturated heterocycles. The summed E-state index contributed by atoms with van der Waals surface area (Å²) in [6.45, 7) is 7.00. The van der Waals surface area contributed by atoms with Gasteiger partial charge in [0.25, 0.3) is 0 Å². The lowest BCUT2D eigenvalue weighted by molar-refractivity contribution is 0.579. The summed E-state index contributed by atoms with van der Waals surface area (Å²) in [7, 11) is -4.46. The van der Waals surface area contributed by atoms with Crippen LogP contribution >= 0.6 is 31.9 Å². The third-order valence-electron chi connectivity index (χ3n) is 2.92. The lowest BCUT2D eigenvalue weighted by atomic mass is 10.2. The van der Waals surface area contributed by atoms with Crippen LogP contribution in [0.2, 0.25) is 25.7 Å². The van der Waals surface area contributed by atoms with Crippen LogP contribution in [0.5, 0.6) is 0 Å². The molecule has 0 spiro atoms. The summed E-state index contributed by atoms with van der Waals surface area (Å²) in [5, 5.41) is 0. The fourth-order valence-corrected chi connectivity index (χ4v) is 6.93. The van der Waals surface area contributed by atoms with E-state index in [9.17, 15) is 8.42 Å². The fourth-order valence-electron chi connectivity index (χ4n) is 1.62. The van der Waals surface area contributed by atoms with Crippen LogP contribution in [-0.4, -0.2) is 33.8 Å². The van der Waals surface area contributed by atoms with Gasteiger partial charge in [-0.2, -0.15) is 0 Å². The second-order valence-electron chi connectivity index (χ2n) is 6.21. The van der Waals surface area contributed by atoms with E-state index in [4.69, 9.17) is 0 Å². The second kappa shape index (κ2) is 8.19. The number of rotatable bonds is 8. The van der Waals surface area contributed by atoms with Crippen molar-refractivity contribution in [2.24, 2.45) is 0 Å². The summed E-state index contributed by atoms with van der Waals surface area (Å²) < 4.78 is 28.3. The summed E-state index contributed by atoms with van der Waals surface area (Å²) in [5.74, 6) is 0.239. The largest absolute Gasteiger partial charge is 0.259 e. The monoisotopic (exact) mass is 456 g/mol. The number of nitrogens with zero attached hydrogens (tertiary/aromatic N) is 1. The fraction of sp³-hybridized carbons (Fsp3) is 0.615. The van der Waals surface area contributed by atoms with Gasteiger partial charge in [0.1, 0.15) is 0 Å². The minimum absolute atomic E-state index is 0.239. The lowest BCUT2D eigenvalue weighted by Gasteiger charge is -2.15. The number of hydrogen-bond acceptors (Lipinski definition) is 3. The Morgan fingerprint density at radius 1 is 1.29 bits per heavy atom. The van der Waals surface area contributed by atoms with E-state index in [2.05, 4.69) is 61.2 Å². The summed E-state index contributed by atoms with van der Waals surface area (Å²) >= 11 is 6.82. The molecule has 4 nitrogen and oxygen atoms in total. The van der Waals surface area contributed by atoms with E-state index < -0.39 is 18.1 Å². The van der Waals surface area contributed by atoms with Crippen LogP contribution in [0.25, 0.3) is 0 Å².